The minimum Gasteiger partial charge on any atom is -0.462 e. The number of ether oxygens (including phenoxy) is 1. The quantitative estimate of drug-likeness (QED) is 0.562. The van der Waals surface area contributed by atoms with Gasteiger partial charge in [-0.3, -0.25) is 4.79 Å². The molecular weight excluding hydrogens is 298 g/mol. The van der Waals surface area contributed by atoms with Crippen molar-refractivity contribution in [1.82, 2.24) is 4.90 Å². The summed E-state index contributed by atoms with van der Waals surface area (Å²) in [6, 6.07) is 0. The fourth-order valence-corrected chi connectivity index (χ4v) is 5.84. The molecule has 0 aromatic heterocycles. The van der Waals surface area contributed by atoms with Gasteiger partial charge in [-0.15, -0.1) is 0 Å². The van der Waals surface area contributed by atoms with Crippen molar-refractivity contribution < 1.29 is 9.53 Å². The Morgan fingerprint density at radius 1 is 1.29 bits per heavy atom. The Balaban J connectivity index is 1.50. The second-order valence-corrected chi connectivity index (χ2v) is 9.31. The molecule has 4 aliphatic rings. The van der Waals surface area contributed by atoms with Crippen molar-refractivity contribution in [3.05, 3.63) is 11.1 Å². The number of nitrogens with zero attached hydrogens (tertiary/aromatic N) is 1. The number of likely N-dealkylation sites (tertiary alicyclic amines) is 1. The molecule has 24 heavy (non-hydrogen) atoms. The van der Waals surface area contributed by atoms with E-state index in [9.17, 15) is 4.79 Å². The van der Waals surface area contributed by atoms with Gasteiger partial charge in [0.15, 0.2) is 0 Å². The Morgan fingerprint density at radius 3 is 2.79 bits per heavy atom. The predicted octanol–water partition coefficient (Wildman–Crippen LogP) is 4.18. The van der Waals surface area contributed by atoms with E-state index >= 15 is 0 Å². The molecular formula is C21H33NO2. The fraction of sp³-hybridized carbons (Fsp3) is 0.857. The third-order valence-corrected chi connectivity index (χ3v) is 7.51. The highest BCUT2D eigenvalue weighted by Gasteiger charge is 2.53. The largest absolute Gasteiger partial charge is 0.462 e. The van der Waals surface area contributed by atoms with Crippen molar-refractivity contribution in [3.63, 3.8) is 0 Å². The molecule has 3 nitrogen and oxygen atoms in total. The molecule has 0 radical (unpaired) electrons. The monoisotopic (exact) mass is 331 g/mol. The van der Waals surface area contributed by atoms with Crippen LogP contribution in [0.2, 0.25) is 0 Å². The van der Waals surface area contributed by atoms with Gasteiger partial charge in [-0.05, 0) is 76.3 Å². The zero-order valence-corrected chi connectivity index (χ0v) is 15.6. The Bertz CT molecular complexity index is 546. The number of hydrogen-bond acceptors (Lipinski definition) is 3. The van der Waals surface area contributed by atoms with Gasteiger partial charge in [-0.2, -0.15) is 0 Å². The van der Waals surface area contributed by atoms with Crippen LogP contribution in [0.1, 0.15) is 65.7 Å². The third-order valence-electron chi connectivity index (χ3n) is 7.51. The number of esters is 1. The summed E-state index contributed by atoms with van der Waals surface area (Å²) in [6.45, 7) is 10.3. The average Bonchev–Trinajstić information content (AvgIpc) is 2.82. The number of rotatable bonds is 2. The van der Waals surface area contributed by atoms with E-state index in [2.05, 4.69) is 25.7 Å². The molecule has 0 N–H and O–H groups in total. The van der Waals surface area contributed by atoms with E-state index in [1.807, 2.05) is 0 Å². The number of fused-ring (bicyclic) bond motifs is 2. The highest BCUT2D eigenvalue weighted by molar-refractivity contribution is 5.76. The molecule has 2 saturated heterocycles. The smallest absolute Gasteiger partial charge is 0.310 e. The number of piperidine rings is 1. The summed E-state index contributed by atoms with van der Waals surface area (Å²) in [7, 11) is 0. The first kappa shape index (κ1) is 16.6. The normalized spacial score (nSPS) is 41.1. The molecule has 4 atom stereocenters. The van der Waals surface area contributed by atoms with Gasteiger partial charge in [0.2, 0.25) is 0 Å². The summed E-state index contributed by atoms with van der Waals surface area (Å²) in [5.41, 5.74) is 3.57. The minimum atomic E-state index is 0.0871. The highest BCUT2D eigenvalue weighted by Crippen LogP contribution is 2.55. The van der Waals surface area contributed by atoms with Crippen LogP contribution >= 0.6 is 0 Å². The number of carbonyl (C=O) groups excluding carboxylic acids is 1. The first-order valence-corrected chi connectivity index (χ1v) is 10.1. The van der Waals surface area contributed by atoms with Crippen LogP contribution in [0.25, 0.3) is 0 Å². The van der Waals surface area contributed by atoms with Crippen LogP contribution in [0.5, 0.6) is 0 Å². The molecule has 0 amide bonds. The second-order valence-electron chi connectivity index (χ2n) is 9.31. The fourth-order valence-electron chi connectivity index (χ4n) is 5.84. The first-order valence-electron chi connectivity index (χ1n) is 10.1. The third kappa shape index (κ3) is 2.83. The van der Waals surface area contributed by atoms with E-state index in [1.54, 1.807) is 11.1 Å². The standard InChI is InChI=1S/C21H33NO2/c1-14-6-9-22(10-7-14)13-17-16-11-18-15(2)5-4-8-21(18,3)12-19(16)24-20(17)23/h14,16-17,19H,4-13H2,1-3H3/t16-,17-,19-,21-/m1/s1. The van der Waals surface area contributed by atoms with Gasteiger partial charge in [0.1, 0.15) is 6.10 Å². The Morgan fingerprint density at radius 2 is 2.04 bits per heavy atom. The summed E-state index contributed by atoms with van der Waals surface area (Å²) in [5, 5.41) is 0. The van der Waals surface area contributed by atoms with Gasteiger partial charge < -0.3 is 9.64 Å². The van der Waals surface area contributed by atoms with E-state index in [0.717, 1.165) is 38.4 Å². The maximum atomic E-state index is 12.6. The van der Waals surface area contributed by atoms with Crippen LogP contribution in [0.3, 0.4) is 0 Å². The molecule has 3 fully saturated rings. The second kappa shape index (κ2) is 6.16. The molecule has 1 saturated carbocycles. The molecule has 4 rings (SSSR count). The molecule has 0 bridgehead atoms. The molecule has 0 spiro atoms. The summed E-state index contributed by atoms with van der Waals surface area (Å²) in [5.74, 6) is 1.46. The lowest BCUT2D eigenvalue weighted by molar-refractivity contribution is -0.145. The SMILES string of the molecule is CC1=C2C[C@H]3[C@@H](C[C@@]2(C)CCC1)OC(=O)[C@@H]3CN1CCC(C)CC1. The molecule has 2 aliphatic carbocycles. The minimum absolute atomic E-state index is 0.0871. The molecule has 134 valence electrons. The lowest BCUT2D eigenvalue weighted by atomic mass is 9.59. The lowest BCUT2D eigenvalue weighted by Crippen LogP contribution is -2.43. The van der Waals surface area contributed by atoms with E-state index in [4.69, 9.17) is 4.74 Å². The number of carbonyl (C=O) groups is 1. The maximum Gasteiger partial charge on any atom is 0.310 e. The Kier molecular flexibility index (Phi) is 4.27. The van der Waals surface area contributed by atoms with Gasteiger partial charge in [-0.1, -0.05) is 25.0 Å². The van der Waals surface area contributed by atoms with Crippen molar-refractivity contribution in [3.8, 4) is 0 Å². The van der Waals surface area contributed by atoms with E-state index < -0.39 is 0 Å². The van der Waals surface area contributed by atoms with Crippen LogP contribution in [0.15, 0.2) is 11.1 Å². The highest BCUT2D eigenvalue weighted by atomic mass is 16.6. The van der Waals surface area contributed by atoms with Gasteiger partial charge in [-0.25, -0.2) is 0 Å². The topological polar surface area (TPSA) is 29.5 Å². The van der Waals surface area contributed by atoms with Crippen molar-refractivity contribution in [2.24, 2.45) is 23.2 Å². The van der Waals surface area contributed by atoms with Gasteiger partial charge in [0.25, 0.3) is 0 Å². The summed E-state index contributed by atoms with van der Waals surface area (Å²) >= 11 is 0. The lowest BCUT2D eigenvalue weighted by Gasteiger charge is -2.46. The zero-order valence-electron chi connectivity index (χ0n) is 15.6. The zero-order chi connectivity index (χ0) is 16.9. The Hall–Kier alpha value is -0.830. The number of allylic oxidation sites excluding steroid dienone is 2. The molecule has 0 unspecified atom stereocenters. The van der Waals surface area contributed by atoms with Gasteiger partial charge >= 0.3 is 5.97 Å². The summed E-state index contributed by atoms with van der Waals surface area (Å²) in [6.07, 6.45) is 8.71. The van der Waals surface area contributed by atoms with E-state index in [0.29, 0.717) is 11.3 Å². The molecule has 0 aromatic rings. The average molecular weight is 332 g/mol. The van der Waals surface area contributed by atoms with Crippen molar-refractivity contribution in [2.75, 3.05) is 19.6 Å². The summed E-state index contributed by atoms with van der Waals surface area (Å²) in [4.78, 5) is 15.1. The van der Waals surface area contributed by atoms with Crippen molar-refractivity contribution in [2.45, 2.75) is 71.8 Å². The van der Waals surface area contributed by atoms with Crippen molar-refractivity contribution in [1.29, 1.82) is 0 Å². The maximum absolute atomic E-state index is 12.6. The van der Waals surface area contributed by atoms with Gasteiger partial charge in [0, 0.05) is 12.5 Å². The first-order chi connectivity index (χ1) is 11.5. The molecule has 2 heterocycles. The van der Waals surface area contributed by atoms with Crippen LogP contribution in [-0.2, 0) is 9.53 Å². The van der Waals surface area contributed by atoms with Crippen LogP contribution in [0, 0.1) is 23.2 Å². The van der Waals surface area contributed by atoms with Crippen LogP contribution < -0.4 is 0 Å². The van der Waals surface area contributed by atoms with E-state index in [1.165, 1.54) is 32.1 Å². The Labute approximate surface area is 146 Å². The van der Waals surface area contributed by atoms with Crippen LogP contribution in [0.4, 0.5) is 0 Å². The molecule has 0 aromatic carbocycles. The van der Waals surface area contributed by atoms with E-state index in [-0.39, 0.29) is 18.0 Å². The van der Waals surface area contributed by atoms with Crippen molar-refractivity contribution >= 4 is 5.97 Å². The molecule has 2 aliphatic heterocycles. The van der Waals surface area contributed by atoms with Gasteiger partial charge in [0.05, 0.1) is 5.92 Å². The molecule has 3 heteroatoms. The predicted molar refractivity (Wildman–Crippen MR) is 95.6 cm³/mol. The van der Waals surface area contributed by atoms with Crippen LogP contribution in [-0.4, -0.2) is 36.6 Å². The summed E-state index contributed by atoms with van der Waals surface area (Å²) < 4.78 is 5.90. The number of hydrogen-bond donors (Lipinski definition) is 0.